The lowest BCUT2D eigenvalue weighted by Gasteiger charge is -2.25. The number of H-pyrrole nitrogens is 2. The Hall–Kier alpha value is -3.88. The minimum Gasteiger partial charge on any atom is -0.480 e. The van der Waals surface area contributed by atoms with Crippen LogP contribution in [0.2, 0.25) is 0 Å². The number of carbonyl (C=O) groups is 4. The first-order valence-electron chi connectivity index (χ1n) is 13.8. The van der Waals surface area contributed by atoms with E-state index < -0.39 is 47.9 Å². The zero-order chi connectivity index (χ0) is 30.5. The Morgan fingerprint density at radius 3 is 2.31 bits per heavy atom. The summed E-state index contributed by atoms with van der Waals surface area (Å²) in [5, 5.41) is 18.8. The van der Waals surface area contributed by atoms with E-state index in [2.05, 4.69) is 30.9 Å². The monoisotopic (exact) mass is 600 g/mol. The van der Waals surface area contributed by atoms with E-state index in [4.69, 9.17) is 11.5 Å². The number of benzene rings is 1. The summed E-state index contributed by atoms with van der Waals surface area (Å²) in [5.74, 6) is -2.32. The molecule has 0 saturated carbocycles. The number of aromatic amines is 2. The van der Waals surface area contributed by atoms with E-state index in [1.165, 1.54) is 18.1 Å². The molecule has 0 aliphatic rings. The predicted molar refractivity (Wildman–Crippen MR) is 162 cm³/mol. The number of fused-ring (bicyclic) bond motifs is 1. The minimum absolute atomic E-state index is 0.0508. The number of aliphatic carboxylic acids is 1. The van der Waals surface area contributed by atoms with Crippen molar-refractivity contribution in [3.05, 3.63) is 54.2 Å². The van der Waals surface area contributed by atoms with Crippen molar-refractivity contribution in [1.82, 2.24) is 30.9 Å². The van der Waals surface area contributed by atoms with Crippen molar-refractivity contribution in [3.63, 3.8) is 0 Å². The minimum atomic E-state index is -1.22. The average Bonchev–Trinajstić information content (AvgIpc) is 3.64. The maximum atomic E-state index is 13.4. The highest BCUT2D eigenvalue weighted by molar-refractivity contribution is 7.98. The maximum absolute atomic E-state index is 13.4. The third-order valence-electron chi connectivity index (χ3n) is 6.87. The van der Waals surface area contributed by atoms with E-state index in [9.17, 15) is 24.3 Å². The Balaban J connectivity index is 1.70. The number of carboxylic acids is 1. The molecule has 0 bridgehead atoms. The summed E-state index contributed by atoms with van der Waals surface area (Å²) in [6, 6.07) is 3.38. The molecule has 2 aromatic heterocycles. The van der Waals surface area contributed by atoms with Crippen molar-refractivity contribution < 1.29 is 24.3 Å². The quantitative estimate of drug-likeness (QED) is 0.0947. The van der Waals surface area contributed by atoms with Crippen LogP contribution in [0.15, 0.2) is 43.0 Å². The van der Waals surface area contributed by atoms with Crippen LogP contribution >= 0.6 is 11.8 Å². The van der Waals surface area contributed by atoms with Crippen LogP contribution in [0.25, 0.3) is 10.9 Å². The summed E-state index contributed by atoms with van der Waals surface area (Å²) in [5.41, 5.74) is 14.0. The third kappa shape index (κ3) is 9.60. The summed E-state index contributed by atoms with van der Waals surface area (Å²) >= 11 is 1.51. The molecule has 4 atom stereocenters. The fraction of sp³-hybridized carbons (Fsp3) is 0.464. The van der Waals surface area contributed by atoms with Gasteiger partial charge in [0.25, 0.3) is 0 Å². The molecule has 13 nitrogen and oxygen atoms in total. The van der Waals surface area contributed by atoms with Gasteiger partial charge in [-0.05, 0) is 55.9 Å². The Kier molecular flexibility index (Phi) is 12.8. The first kappa shape index (κ1) is 32.6. The number of nitrogens with two attached hydrogens (primary N) is 2. The smallest absolute Gasteiger partial charge is 0.326 e. The van der Waals surface area contributed by atoms with Crippen LogP contribution in [0.5, 0.6) is 0 Å². The highest BCUT2D eigenvalue weighted by atomic mass is 32.2. The molecule has 0 aliphatic heterocycles. The number of nitrogens with zero attached hydrogens (tertiary/aromatic N) is 1. The van der Waals surface area contributed by atoms with Crippen molar-refractivity contribution in [3.8, 4) is 0 Å². The van der Waals surface area contributed by atoms with E-state index in [1.54, 1.807) is 12.4 Å². The van der Waals surface area contributed by atoms with Gasteiger partial charge in [0.1, 0.15) is 18.1 Å². The maximum Gasteiger partial charge on any atom is 0.326 e. The third-order valence-corrected chi connectivity index (χ3v) is 7.51. The second kappa shape index (κ2) is 16.5. The van der Waals surface area contributed by atoms with Crippen molar-refractivity contribution in [2.45, 2.75) is 62.7 Å². The van der Waals surface area contributed by atoms with Gasteiger partial charge in [-0.15, -0.1) is 0 Å². The number of carbonyl (C=O) groups excluding carboxylic acids is 3. The fourth-order valence-corrected chi connectivity index (χ4v) is 5.01. The number of imidazole rings is 1. The highest BCUT2D eigenvalue weighted by Crippen LogP contribution is 2.19. The SMILES string of the molecule is CSCCC(NC(=O)C(N)Cc1cnc[nH]1)C(=O)NC(CCCCN)C(=O)NC(Cc1c[nH]c2ccccc12)C(=O)O. The number of para-hydroxylation sites is 1. The molecule has 3 aromatic rings. The van der Waals surface area contributed by atoms with Gasteiger partial charge in [-0.1, -0.05) is 18.2 Å². The Morgan fingerprint density at radius 1 is 0.952 bits per heavy atom. The first-order valence-corrected chi connectivity index (χ1v) is 15.2. The van der Waals surface area contributed by atoms with Gasteiger partial charge < -0.3 is 42.5 Å². The van der Waals surface area contributed by atoms with Crippen LogP contribution in [0.3, 0.4) is 0 Å². The average molecular weight is 601 g/mol. The number of aromatic nitrogens is 3. The molecule has 3 amide bonds. The van der Waals surface area contributed by atoms with Crippen LogP contribution in [0.1, 0.15) is 36.9 Å². The van der Waals surface area contributed by atoms with Gasteiger partial charge in [-0.25, -0.2) is 9.78 Å². The van der Waals surface area contributed by atoms with Crippen molar-refractivity contribution in [1.29, 1.82) is 0 Å². The van der Waals surface area contributed by atoms with Crippen LogP contribution in [-0.2, 0) is 32.0 Å². The fourth-order valence-electron chi connectivity index (χ4n) is 4.54. The number of hydrogen-bond donors (Lipinski definition) is 8. The number of amides is 3. The summed E-state index contributed by atoms with van der Waals surface area (Å²) in [4.78, 5) is 61.6. The van der Waals surface area contributed by atoms with Gasteiger partial charge >= 0.3 is 5.97 Å². The van der Waals surface area contributed by atoms with Crippen LogP contribution < -0.4 is 27.4 Å². The first-order chi connectivity index (χ1) is 20.2. The highest BCUT2D eigenvalue weighted by Gasteiger charge is 2.30. The lowest BCUT2D eigenvalue weighted by atomic mass is 10.0. The van der Waals surface area contributed by atoms with Crippen LogP contribution in [0.4, 0.5) is 0 Å². The molecule has 4 unspecified atom stereocenters. The Bertz CT molecular complexity index is 1310. The Labute approximate surface area is 248 Å². The second-order valence-electron chi connectivity index (χ2n) is 10.0. The summed E-state index contributed by atoms with van der Waals surface area (Å²) in [6.07, 6.45) is 8.63. The molecule has 0 spiro atoms. The number of unbranched alkanes of at least 4 members (excludes halogenated alkanes) is 1. The van der Waals surface area contributed by atoms with E-state index in [-0.39, 0.29) is 19.3 Å². The van der Waals surface area contributed by atoms with Gasteiger partial charge in [0.2, 0.25) is 17.7 Å². The number of thioether (sulfide) groups is 1. The van der Waals surface area contributed by atoms with E-state index in [0.29, 0.717) is 37.3 Å². The largest absolute Gasteiger partial charge is 0.480 e. The molecule has 0 radical (unpaired) electrons. The molecule has 228 valence electrons. The zero-order valence-corrected chi connectivity index (χ0v) is 24.4. The lowest BCUT2D eigenvalue weighted by Crippen LogP contribution is -2.57. The lowest BCUT2D eigenvalue weighted by molar-refractivity contribution is -0.142. The predicted octanol–water partition coefficient (Wildman–Crippen LogP) is 0.425. The van der Waals surface area contributed by atoms with Gasteiger partial charge in [-0.3, -0.25) is 14.4 Å². The number of nitrogens with one attached hydrogen (secondary N) is 5. The number of hydrogen-bond acceptors (Lipinski definition) is 8. The summed E-state index contributed by atoms with van der Waals surface area (Å²) in [6.45, 7) is 0.404. The molecule has 3 rings (SSSR count). The molecular formula is C28H40N8O5S. The molecular weight excluding hydrogens is 560 g/mol. The second-order valence-corrected chi connectivity index (χ2v) is 11.0. The number of rotatable bonds is 18. The van der Waals surface area contributed by atoms with Crippen molar-refractivity contribution in [2.24, 2.45) is 11.5 Å². The van der Waals surface area contributed by atoms with E-state index >= 15 is 0 Å². The molecule has 0 fully saturated rings. The van der Waals surface area contributed by atoms with Gasteiger partial charge in [-0.2, -0.15) is 11.8 Å². The van der Waals surface area contributed by atoms with Crippen molar-refractivity contribution >= 4 is 46.4 Å². The van der Waals surface area contributed by atoms with E-state index in [0.717, 1.165) is 16.5 Å². The molecule has 2 heterocycles. The normalized spacial score (nSPS) is 14.1. The van der Waals surface area contributed by atoms with Gasteiger partial charge in [0, 0.05) is 41.8 Å². The zero-order valence-electron chi connectivity index (χ0n) is 23.6. The molecule has 14 heteroatoms. The number of carboxylic acid groups (broad SMARTS) is 1. The molecule has 10 N–H and O–H groups in total. The molecule has 0 aliphatic carbocycles. The topological polar surface area (TPSA) is 221 Å². The van der Waals surface area contributed by atoms with Crippen molar-refractivity contribution in [2.75, 3.05) is 18.6 Å². The molecule has 0 saturated heterocycles. The summed E-state index contributed by atoms with van der Waals surface area (Å²) < 4.78 is 0. The van der Waals surface area contributed by atoms with Gasteiger partial charge in [0.05, 0.1) is 12.4 Å². The van der Waals surface area contributed by atoms with Gasteiger partial charge in [0.15, 0.2) is 0 Å². The molecule has 42 heavy (non-hydrogen) atoms. The van der Waals surface area contributed by atoms with E-state index in [1.807, 2.05) is 30.5 Å². The molecule has 1 aromatic carbocycles. The summed E-state index contributed by atoms with van der Waals surface area (Å²) in [7, 11) is 0. The van der Waals surface area contributed by atoms with Crippen LogP contribution in [-0.4, -0.2) is 86.5 Å². The Morgan fingerprint density at radius 2 is 1.64 bits per heavy atom. The van der Waals surface area contributed by atoms with Crippen LogP contribution in [0, 0.1) is 0 Å². The standard InChI is InChI=1S/C28H40N8O5S/c1-42-11-9-23(34-25(37)20(30)13-18-15-31-16-33-18)27(39)35-22(8-4-5-10-29)26(38)36-24(28(40)41)12-17-14-32-21-7-3-2-6-19(17)21/h2-3,6-7,14-16,20,22-24,32H,4-5,8-13,29-30H2,1H3,(H,31,33)(H,34,37)(H,35,39)(H,36,38)(H,40,41).